The second-order valence-electron chi connectivity index (χ2n) is 7.70. The van der Waals surface area contributed by atoms with Crippen LogP contribution in [0.4, 0.5) is 20.2 Å². The molecule has 2 N–H and O–H groups in total. The van der Waals surface area contributed by atoms with E-state index in [2.05, 4.69) is 15.6 Å². The Morgan fingerprint density at radius 1 is 0.657 bits per heavy atom. The van der Waals surface area contributed by atoms with Gasteiger partial charge in [-0.25, -0.2) is 13.8 Å². The van der Waals surface area contributed by atoms with Crippen molar-refractivity contribution in [2.45, 2.75) is 0 Å². The van der Waals surface area contributed by atoms with E-state index >= 15 is 0 Å². The summed E-state index contributed by atoms with van der Waals surface area (Å²) in [4.78, 5) is 29.2. The minimum absolute atomic E-state index is 0.332. The number of amides is 2. The van der Waals surface area contributed by atoms with Crippen molar-refractivity contribution in [3.63, 3.8) is 0 Å². The van der Waals surface area contributed by atoms with Crippen LogP contribution in [0.25, 0.3) is 22.6 Å². The van der Waals surface area contributed by atoms with E-state index in [9.17, 15) is 18.4 Å². The zero-order valence-corrected chi connectivity index (χ0v) is 18.1. The van der Waals surface area contributed by atoms with Crippen molar-refractivity contribution in [2.24, 2.45) is 0 Å². The first-order valence-electron chi connectivity index (χ1n) is 10.6. The smallest absolute Gasteiger partial charge is 0.255 e. The minimum atomic E-state index is -0.415. The number of aromatic nitrogens is 1. The van der Waals surface area contributed by atoms with E-state index in [1.54, 1.807) is 42.5 Å². The summed E-state index contributed by atoms with van der Waals surface area (Å²) in [7, 11) is 0. The number of anilines is 2. The standard InChI is InChI=1S/C27H17F2N3O3/c28-19-7-1-16(2-8-19)25(33)30-21-11-5-18(6-12-21)27-32-23-15-22(13-14-24(23)35-27)31-26(34)17-3-9-20(29)10-4-17/h1-15H,(H,30,33)(H,31,34). The minimum Gasteiger partial charge on any atom is -0.436 e. The van der Waals surface area contributed by atoms with Crippen molar-refractivity contribution in [3.05, 3.63) is 114 Å². The maximum Gasteiger partial charge on any atom is 0.255 e. The maximum atomic E-state index is 13.1. The SMILES string of the molecule is O=C(Nc1ccc(-c2nc3cc(NC(=O)c4ccc(F)cc4)ccc3o2)cc1)c1ccc(F)cc1. The molecule has 0 radical (unpaired) electrons. The zero-order valence-electron chi connectivity index (χ0n) is 18.1. The summed E-state index contributed by atoms with van der Waals surface area (Å²) in [6, 6.07) is 22.5. The van der Waals surface area contributed by atoms with Crippen molar-refractivity contribution in [3.8, 4) is 11.5 Å². The molecule has 0 aliphatic heterocycles. The van der Waals surface area contributed by atoms with E-state index in [0.29, 0.717) is 45.1 Å². The molecule has 35 heavy (non-hydrogen) atoms. The highest BCUT2D eigenvalue weighted by atomic mass is 19.1. The number of carbonyl (C=O) groups excluding carboxylic acids is 2. The molecular weight excluding hydrogens is 452 g/mol. The van der Waals surface area contributed by atoms with Gasteiger partial charge >= 0.3 is 0 Å². The maximum absolute atomic E-state index is 13.1. The topological polar surface area (TPSA) is 84.2 Å². The van der Waals surface area contributed by atoms with Crippen LogP contribution < -0.4 is 10.6 Å². The van der Waals surface area contributed by atoms with Crippen LogP contribution in [0, 0.1) is 11.6 Å². The van der Waals surface area contributed by atoms with E-state index in [0.717, 1.165) is 0 Å². The lowest BCUT2D eigenvalue weighted by Crippen LogP contribution is -2.11. The summed E-state index contributed by atoms with van der Waals surface area (Å²) < 4.78 is 31.9. The van der Waals surface area contributed by atoms with Crippen molar-refractivity contribution in [1.82, 2.24) is 4.98 Å². The summed E-state index contributed by atoms with van der Waals surface area (Å²) in [5.74, 6) is -1.17. The van der Waals surface area contributed by atoms with Gasteiger partial charge in [0, 0.05) is 28.1 Å². The lowest BCUT2D eigenvalue weighted by atomic mass is 10.2. The molecule has 0 atom stereocenters. The van der Waals surface area contributed by atoms with Crippen molar-refractivity contribution >= 4 is 34.3 Å². The molecule has 0 aliphatic carbocycles. The Kier molecular flexibility index (Phi) is 5.76. The van der Waals surface area contributed by atoms with Gasteiger partial charge in [-0.1, -0.05) is 0 Å². The Morgan fingerprint density at radius 3 is 1.74 bits per heavy atom. The third kappa shape index (κ3) is 4.91. The number of benzene rings is 4. The van der Waals surface area contributed by atoms with E-state index in [1.165, 1.54) is 48.5 Å². The van der Waals surface area contributed by atoms with Gasteiger partial charge in [-0.05, 0) is 91.0 Å². The second kappa shape index (κ2) is 9.18. The average molecular weight is 469 g/mol. The number of fused-ring (bicyclic) bond motifs is 1. The van der Waals surface area contributed by atoms with E-state index in [4.69, 9.17) is 4.42 Å². The third-order valence-electron chi connectivity index (χ3n) is 5.25. The molecule has 0 fully saturated rings. The fraction of sp³-hybridized carbons (Fsp3) is 0. The van der Waals surface area contributed by atoms with Crippen LogP contribution in [0.2, 0.25) is 0 Å². The lowest BCUT2D eigenvalue weighted by Gasteiger charge is -2.05. The molecule has 0 bridgehead atoms. The lowest BCUT2D eigenvalue weighted by molar-refractivity contribution is 0.101. The summed E-state index contributed by atoms with van der Waals surface area (Å²) in [6.07, 6.45) is 0. The van der Waals surface area contributed by atoms with Gasteiger partial charge in [0.15, 0.2) is 5.58 Å². The fourth-order valence-electron chi connectivity index (χ4n) is 3.43. The molecule has 0 unspecified atom stereocenters. The molecule has 5 rings (SSSR count). The van der Waals surface area contributed by atoms with Crippen LogP contribution in [0.5, 0.6) is 0 Å². The number of hydrogen-bond donors (Lipinski definition) is 2. The molecule has 5 aromatic rings. The van der Waals surface area contributed by atoms with E-state index in [-0.39, 0.29) is 11.8 Å². The number of oxazole rings is 1. The summed E-state index contributed by atoms with van der Waals surface area (Å²) in [5.41, 5.74) is 3.53. The van der Waals surface area contributed by atoms with Gasteiger partial charge in [0.25, 0.3) is 11.8 Å². The van der Waals surface area contributed by atoms with Crippen LogP contribution in [-0.4, -0.2) is 16.8 Å². The number of rotatable bonds is 5. The molecule has 1 heterocycles. The summed E-state index contributed by atoms with van der Waals surface area (Å²) in [6.45, 7) is 0. The fourth-order valence-corrected chi connectivity index (χ4v) is 3.43. The Morgan fingerprint density at radius 2 is 1.17 bits per heavy atom. The quantitative estimate of drug-likeness (QED) is 0.317. The van der Waals surface area contributed by atoms with Crippen molar-refractivity contribution in [1.29, 1.82) is 0 Å². The molecule has 0 saturated carbocycles. The van der Waals surface area contributed by atoms with Gasteiger partial charge in [0.05, 0.1) is 0 Å². The van der Waals surface area contributed by atoms with Gasteiger partial charge in [-0.3, -0.25) is 9.59 Å². The predicted molar refractivity (Wildman–Crippen MR) is 128 cm³/mol. The zero-order chi connectivity index (χ0) is 24.4. The van der Waals surface area contributed by atoms with Gasteiger partial charge < -0.3 is 15.1 Å². The molecule has 0 spiro atoms. The molecule has 4 aromatic carbocycles. The van der Waals surface area contributed by atoms with Gasteiger partial charge in [0.1, 0.15) is 17.2 Å². The number of halogens is 2. The van der Waals surface area contributed by atoms with Crippen LogP contribution in [0.3, 0.4) is 0 Å². The van der Waals surface area contributed by atoms with E-state index < -0.39 is 11.6 Å². The highest BCUT2D eigenvalue weighted by Gasteiger charge is 2.12. The largest absolute Gasteiger partial charge is 0.436 e. The van der Waals surface area contributed by atoms with Crippen LogP contribution >= 0.6 is 0 Å². The number of carbonyl (C=O) groups is 2. The highest BCUT2D eigenvalue weighted by molar-refractivity contribution is 6.05. The van der Waals surface area contributed by atoms with Gasteiger partial charge in [-0.2, -0.15) is 0 Å². The first-order valence-corrected chi connectivity index (χ1v) is 10.6. The Bertz CT molecular complexity index is 1530. The molecule has 0 aliphatic rings. The Hall–Kier alpha value is -4.85. The van der Waals surface area contributed by atoms with Crippen LogP contribution in [0.1, 0.15) is 20.7 Å². The molecule has 0 saturated heterocycles. The summed E-state index contributed by atoms with van der Waals surface area (Å²) >= 11 is 0. The highest BCUT2D eigenvalue weighted by Crippen LogP contribution is 2.27. The predicted octanol–water partition coefficient (Wildman–Crippen LogP) is 6.28. The third-order valence-corrected chi connectivity index (χ3v) is 5.25. The first kappa shape index (κ1) is 22.0. The number of nitrogens with one attached hydrogen (secondary N) is 2. The normalized spacial score (nSPS) is 10.8. The van der Waals surface area contributed by atoms with E-state index in [1.807, 2.05) is 0 Å². The molecule has 8 heteroatoms. The molecule has 1 aromatic heterocycles. The second-order valence-corrected chi connectivity index (χ2v) is 7.70. The average Bonchev–Trinajstić information content (AvgIpc) is 3.29. The molecular formula is C27H17F2N3O3. The number of nitrogens with zero attached hydrogens (tertiary/aromatic N) is 1. The Balaban J connectivity index is 1.30. The Labute approximate surface area is 198 Å². The summed E-state index contributed by atoms with van der Waals surface area (Å²) in [5, 5.41) is 5.51. The van der Waals surface area contributed by atoms with Gasteiger partial charge in [0.2, 0.25) is 5.89 Å². The number of hydrogen-bond acceptors (Lipinski definition) is 4. The van der Waals surface area contributed by atoms with Gasteiger partial charge in [-0.15, -0.1) is 0 Å². The first-order chi connectivity index (χ1) is 16.9. The molecule has 2 amide bonds. The van der Waals surface area contributed by atoms with Crippen molar-refractivity contribution < 1.29 is 22.8 Å². The van der Waals surface area contributed by atoms with Crippen LogP contribution in [-0.2, 0) is 0 Å². The monoisotopic (exact) mass is 469 g/mol. The molecule has 172 valence electrons. The van der Waals surface area contributed by atoms with Crippen molar-refractivity contribution in [2.75, 3.05) is 10.6 Å². The molecule has 6 nitrogen and oxygen atoms in total. The van der Waals surface area contributed by atoms with Crippen LogP contribution in [0.15, 0.2) is 95.4 Å².